The lowest BCUT2D eigenvalue weighted by Crippen LogP contribution is -2.20. The quantitative estimate of drug-likeness (QED) is 0.554. The van der Waals surface area contributed by atoms with Gasteiger partial charge in [0.05, 0.1) is 11.4 Å². The van der Waals surface area contributed by atoms with Gasteiger partial charge in [0.2, 0.25) is 5.89 Å². The van der Waals surface area contributed by atoms with Gasteiger partial charge in [0, 0.05) is 9.92 Å². The Labute approximate surface area is 170 Å². The number of anilines is 1. The van der Waals surface area contributed by atoms with Gasteiger partial charge in [0.15, 0.2) is 6.61 Å². The Morgan fingerprint density at radius 3 is 2.67 bits per heavy atom. The highest BCUT2D eigenvalue weighted by Crippen LogP contribution is 2.27. The topological polar surface area (TPSA) is 77.2 Å². The number of hydrogen-bond acceptors (Lipinski definition) is 6. The second-order valence-corrected chi connectivity index (χ2v) is 7.16. The number of carbonyl (C=O) groups excluding carboxylic acids is 1. The van der Waals surface area contributed by atoms with Crippen LogP contribution in [-0.4, -0.2) is 29.0 Å². The summed E-state index contributed by atoms with van der Waals surface area (Å²) in [6, 6.07) is 12.8. The van der Waals surface area contributed by atoms with E-state index in [1.165, 1.54) is 11.0 Å². The molecule has 0 saturated heterocycles. The highest BCUT2D eigenvalue weighted by molar-refractivity contribution is 7.98. The molecule has 3 aromatic rings. The summed E-state index contributed by atoms with van der Waals surface area (Å²) < 4.78 is 10.8. The first-order chi connectivity index (χ1) is 13.0. The summed E-state index contributed by atoms with van der Waals surface area (Å²) in [5.41, 5.74) is 1.04. The molecule has 0 aliphatic heterocycles. The molecule has 0 bridgehead atoms. The van der Waals surface area contributed by atoms with E-state index in [1.807, 2.05) is 30.5 Å². The van der Waals surface area contributed by atoms with Gasteiger partial charge < -0.3 is 9.15 Å². The number of ether oxygens (including phenoxy) is 1. The molecule has 3 rings (SSSR count). The van der Waals surface area contributed by atoms with Gasteiger partial charge in [-0.25, -0.2) is 0 Å². The molecule has 0 fully saturated rings. The molecule has 2 aromatic carbocycles. The Morgan fingerprint density at radius 1 is 1.19 bits per heavy atom. The van der Waals surface area contributed by atoms with Crippen molar-refractivity contribution in [1.82, 2.24) is 10.2 Å². The molecule has 0 spiro atoms. The number of nitrogens with one attached hydrogen (secondary N) is 1. The zero-order chi connectivity index (χ0) is 19.2. The van der Waals surface area contributed by atoms with Gasteiger partial charge in [-0.3, -0.25) is 10.1 Å². The molecule has 0 saturated carbocycles. The van der Waals surface area contributed by atoms with Gasteiger partial charge >= 0.3 is 6.01 Å². The Balaban J connectivity index is 1.52. The van der Waals surface area contributed by atoms with Crippen LogP contribution in [0.5, 0.6) is 5.75 Å². The number of halogens is 2. The SMILES string of the molecule is CSc1ccc(Cc2nnc(NC(=O)COc3ccc(Cl)cc3Cl)o2)cc1. The molecule has 1 aromatic heterocycles. The van der Waals surface area contributed by atoms with Crippen molar-refractivity contribution in [1.29, 1.82) is 0 Å². The molecule has 140 valence electrons. The molecule has 1 N–H and O–H groups in total. The summed E-state index contributed by atoms with van der Waals surface area (Å²) in [7, 11) is 0. The Kier molecular flexibility index (Phi) is 6.60. The van der Waals surface area contributed by atoms with Crippen molar-refractivity contribution in [3.8, 4) is 5.75 Å². The first-order valence-electron chi connectivity index (χ1n) is 7.86. The van der Waals surface area contributed by atoms with Crippen LogP contribution < -0.4 is 10.1 Å². The molecule has 1 heterocycles. The fraction of sp³-hybridized carbons (Fsp3) is 0.167. The van der Waals surface area contributed by atoms with E-state index in [1.54, 1.807) is 23.9 Å². The van der Waals surface area contributed by atoms with Crippen LogP contribution >= 0.6 is 35.0 Å². The third kappa shape index (κ3) is 5.63. The summed E-state index contributed by atoms with van der Waals surface area (Å²) in [6.45, 7) is -0.255. The van der Waals surface area contributed by atoms with Crippen molar-refractivity contribution < 1.29 is 13.9 Å². The van der Waals surface area contributed by atoms with E-state index in [4.69, 9.17) is 32.4 Å². The second kappa shape index (κ2) is 9.12. The number of carbonyl (C=O) groups is 1. The first kappa shape index (κ1) is 19.5. The average molecular weight is 424 g/mol. The molecular weight excluding hydrogens is 409 g/mol. The fourth-order valence-corrected chi connectivity index (χ4v) is 3.06. The molecule has 27 heavy (non-hydrogen) atoms. The Morgan fingerprint density at radius 2 is 1.96 bits per heavy atom. The lowest BCUT2D eigenvalue weighted by molar-refractivity contribution is -0.118. The molecule has 0 atom stereocenters. The van der Waals surface area contributed by atoms with Crippen LogP contribution in [0.1, 0.15) is 11.5 Å². The molecule has 0 unspecified atom stereocenters. The monoisotopic (exact) mass is 423 g/mol. The number of hydrogen-bond donors (Lipinski definition) is 1. The van der Waals surface area contributed by atoms with Crippen LogP contribution in [0.2, 0.25) is 10.0 Å². The largest absolute Gasteiger partial charge is 0.482 e. The van der Waals surface area contributed by atoms with Crippen molar-refractivity contribution in [3.63, 3.8) is 0 Å². The van der Waals surface area contributed by atoms with Crippen molar-refractivity contribution in [2.24, 2.45) is 0 Å². The molecule has 1 amide bonds. The van der Waals surface area contributed by atoms with Gasteiger partial charge in [-0.15, -0.1) is 16.9 Å². The number of rotatable bonds is 7. The van der Waals surface area contributed by atoms with Crippen LogP contribution in [0.4, 0.5) is 6.01 Å². The summed E-state index contributed by atoms with van der Waals surface area (Å²) in [5.74, 6) is 0.320. The first-order valence-corrected chi connectivity index (χ1v) is 9.84. The van der Waals surface area contributed by atoms with Gasteiger partial charge in [-0.2, -0.15) is 0 Å². The second-order valence-electron chi connectivity index (χ2n) is 5.44. The Hall–Kier alpha value is -2.22. The third-order valence-electron chi connectivity index (χ3n) is 3.48. The number of thioether (sulfide) groups is 1. The lowest BCUT2D eigenvalue weighted by atomic mass is 10.1. The van der Waals surface area contributed by atoms with E-state index in [2.05, 4.69) is 15.5 Å². The lowest BCUT2D eigenvalue weighted by Gasteiger charge is -2.07. The Bertz CT molecular complexity index is 932. The van der Waals surface area contributed by atoms with Crippen LogP contribution in [0.3, 0.4) is 0 Å². The maximum atomic E-state index is 12.0. The number of aromatic nitrogens is 2. The summed E-state index contributed by atoms with van der Waals surface area (Å²) in [5, 5.41) is 11.1. The van der Waals surface area contributed by atoms with Crippen molar-refractivity contribution in [2.75, 3.05) is 18.2 Å². The molecule has 0 aliphatic carbocycles. The van der Waals surface area contributed by atoms with E-state index in [0.717, 1.165) is 5.56 Å². The van der Waals surface area contributed by atoms with E-state index < -0.39 is 5.91 Å². The molecule has 0 radical (unpaired) electrons. The number of benzene rings is 2. The zero-order valence-electron chi connectivity index (χ0n) is 14.2. The van der Waals surface area contributed by atoms with Crippen LogP contribution in [0.25, 0.3) is 0 Å². The standard InChI is InChI=1S/C18H15Cl2N3O3S/c1-27-13-5-2-11(3-6-13)8-17-22-23-18(26-17)21-16(24)10-25-15-7-4-12(19)9-14(15)20/h2-7,9H,8,10H2,1H3,(H,21,23,24). The smallest absolute Gasteiger partial charge is 0.322 e. The van der Waals surface area contributed by atoms with E-state index in [9.17, 15) is 4.79 Å². The summed E-state index contributed by atoms with van der Waals surface area (Å²) >= 11 is 13.5. The summed E-state index contributed by atoms with van der Waals surface area (Å²) in [4.78, 5) is 13.1. The highest BCUT2D eigenvalue weighted by atomic mass is 35.5. The van der Waals surface area contributed by atoms with E-state index >= 15 is 0 Å². The van der Waals surface area contributed by atoms with Crippen molar-refractivity contribution >= 4 is 46.9 Å². The van der Waals surface area contributed by atoms with Crippen LogP contribution in [-0.2, 0) is 11.2 Å². The van der Waals surface area contributed by atoms with Gasteiger partial charge in [-0.05, 0) is 42.2 Å². The minimum Gasteiger partial charge on any atom is -0.482 e. The van der Waals surface area contributed by atoms with Crippen LogP contribution in [0.15, 0.2) is 51.8 Å². The normalized spacial score (nSPS) is 10.6. The maximum Gasteiger partial charge on any atom is 0.322 e. The minimum atomic E-state index is -0.444. The predicted octanol–water partition coefficient (Wildman–Crippen LogP) is 4.71. The molecule has 0 aliphatic rings. The van der Waals surface area contributed by atoms with Gasteiger partial charge in [0.25, 0.3) is 5.91 Å². The highest BCUT2D eigenvalue weighted by Gasteiger charge is 2.12. The fourth-order valence-electron chi connectivity index (χ4n) is 2.18. The zero-order valence-corrected chi connectivity index (χ0v) is 16.6. The van der Waals surface area contributed by atoms with Crippen molar-refractivity contribution in [2.45, 2.75) is 11.3 Å². The number of nitrogens with zero attached hydrogens (tertiary/aromatic N) is 2. The molecular formula is C18H15Cl2N3O3S. The average Bonchev–Trinajstić information content (AvgIpc) is 3.08. The van der Waals surface area contributed by atoms with E-state index in [0.29, 0.717) is 28.1 Å². The molecule has 6 nitrogen and oxygen atoms in total. The van der Waals surface area contributed by atoms with Crippen LogP contribution in [0, 0.1) is 0 Å². The molecule has 9 heteroatoms. The van der Waals surface area contributed by atoms with Gasteiger partial charge in [-0.1, -0.05) is 40.4 Å². The summed E-state index contributed by atoms with van der Waals surface area (Å²) in [6.07, 6.45) is 2.50. The number of amides is 1. The maximum absolute atomic E-state index is 12.0. The minimum absolute atomic E-state index is 0.0153. The van der Waals surface area contributed by atoms with Gasteiger partial charge in [0.1, 0.15) is 5.75 Å². The van der Waals surface area contributed by atoms with Crippen molar-refractivity contribution in [3.05, 3.63) is 64.0 Å². The predicted molar refractivity (Wildman–Crippen MR) is 106 cm³/mol. The van der Waals surface area contributed by atoms with E-state index in [-0.39, 0.29) is 12.6 Å². The third-order valence-corrected chi connectivity index (χ3v) is 4.75.